The Labute approximate surface area is 181 Å². The fraction of sp³-hybridized carbons (Fsp3) is 0.455. The van der Waals surface area contributed by atoms with E-state index >= 15 is 0 Å². The number of thiazole rings is 1. The molecule has 4 aliphatic rings. The van der Waals surface area contributed by atoms with E-state index < -0.39 is 0 Å². The summed E-state index contributed by atoms with van der Waals surface area (Å²) in [5.41, 5.74) is 1.12. The molecule has 3 heterocycles. The molecule has 2 aliphatic heterocycles. The van der Waals surface area contributed by atoms with Crippen molar-refractivity contribution in [1.29, 1.82) is 0 Å². The first-order chi connectivity index (χ1) is 14.4. The molecule has 2 bridgehead atoms. The lowest BCUT2D eigenvalue weighted by atomic mass is 9.70. The van der Waals surface area contributed by atoms with E-state index in [1.54, 1.807) is 36.0 Å². The second kappa shape index (κ2) is 6.17. The number of thioether (sulfide) groups is 1. The number of H-pyrrole nitrogens is 1. The molecule has 2 saturated carbocycles. The van der Waals surface area contributed by atoms with Gasteiger partial charge in [0.05, 0.1) is 22.5 Å². The third-order valence-electron chi connectivity index (χ3n) is 7.58. The Bertz CT molecular complexity index is 1170. The number of nitrogens with one attached hydrogen (secondary N) is 1. The zero-order valence-electron chi connectivity index (χ0n) is 16.5. The van der Waals surface area contributed by atoms with E-state index in [-0.39, 0.29) is 57.3 Å². The Balaban J connectivity index is 1.36. The zero-order chi connectivity index (χ0) is 20.9. The number of ketones is 1. The Hall–Kier alpha value is -2.19. The zero-order valence-corrected chi connectivity index (χ0v) is 18.1. The molecule has 30 heavy (non-hydrogen) atoms. The van der Waals surface area contributed by atoms with Crippen LogP contribution in [0.4, 0.5) is 5.69 Å². The number of imide groups is 1. The molecule has 1 N–H and O–H groups in total. The highest BCUT2D eigenvalue weighted by Gasteiger charge is 2.69. The van der Waals surface area contributed by atoms with Crippen molar-refractivity contribution in [2.75, 3.05) is 4.90 Å². The van der Waals surface area contributed by atoms with Gasteiger partial charge in [-0.05, 0) is 61.3 Å². The highest BCUT2D eigenvalue weighted by atomic mass is 32.2. The summed E-state index contributed by atoms with van der Waals surface area (Å²) in [6.45, 7) is 3.66. The van der Waals surface area contributed by atoms with Gasteiger partial charge in [-0.25, -0.2) is 0 Å². The van der Waals surface area contributed by atoms with Crippen LogP contribution in [0.15, 0.2) is 34.1 Å². The van der Waals surface area contributed by atoms with Gasteiger partial charge in [-0.3, -0.25) is 24.1 Å². The maximum Gasteiger partial charge on any atom is 0.305 e. The average molecular weight is 441 g/mol. The summed E-state index contributed by atoms with van der Waals surface area (Å²) >= 11 is 2.99. The molecule has 6 nitrogen and oxygen atoms in total. The van der Waals surface area contributed by atoms with Gasteiger partial charge in [0.1, 0.15) is 0 Å². The minimum atomic E-state index is -0.275. The van der Waals surface area contributed by atoms with Crippen molar-refractivity contribution < 1.29 is 14.4 Å². The maximum atomic E-state index is 13.4. The van der Waals surface area contributed by atoms with E-state index in [0.29, 0.717) is 17.2 Å². The summed E-state index contributed by atoms with van der Waals surface area (Å²) in [5, 5.41) is 1.22. The maximum absolute atomic E-state index is 13.4. The van der Waals surface area contributed by atoms with Crippen LogP contribution in [0.3, 0.4) is 0 Å². The van der Waals surface area contributed by atoms with E-state index in [0.717, 1.165) is 16.3 Å². The van der Waals surface area contributed by atoms with Crippen LogP contribution in [0.1, 0.15) is 41.4 Å². The van der Waals surface area contributed by atoms with Crippen molar-refractivity contribution >= 4 is 46.4 Å². The van der Waals surface area contributed by atoms with Crippen molar-refractivity contribution in [3.8, 4) is 0 Å². The molecule has 0 spiro atoms. The molecule has 2 amide bonds. The SMILES string of the molecule is CC(=O)c1ccc(N2C(=O)[C@@H]3[C@H]4C[C@H]([C@@H]5Sc6[nH]c(=O)sc6[C@@H](C)[C@H]45)[C@@H]3C2=O)cc1. The minimum absolute atomic E-state index is 0.0285. The molecule has 8 heteroatoms. The molecule has 2 aromatic rings. The topological polar surface area (TPSA) is 87.3 Å². The molecule has 1 aromatic carbocycles. The van der Waals surface area contributed by atoms with Crippen LogP contribution in [0, 0.1) is 29.6 Å². The molecule has 3 fully saturated rings. The Morgan fingerprint density at radius 3 is 2.40 bits per heavy atom. The van der Waals surface area contributed by atoms with Crippen LogP contribution in [-0.2, 0) is 9.59 Å². The highest BCUT2D eigenvalue weighted by molar-refractivity contribution is 8.00. The first-order valence-corrected chi connectivity index (χ1v) is 11.9. The summed E-state index contributed by atoms with van der Waals surface area (Å²) in [7, 11) is 0. The van der Waals surface area contributed by atoms with Crippen molar-refractivity contribution in [2.45, 2.75) is 36.5 Å². The van der Waals surface area contributed by atoms with Gasteiger partial charge in [0.2, 0.25) is 11.8 Å². The molecular formula is C22H20N2O4S2. The summed E-state index contributed by atoms with van der Waals surface area (Å²) in [5.74, 6) is 0.0781. The quantitative estimate of drug-likeness (QED) is 0.572. The average Bonchev–Trinajstić information content (AvgIpc) is 3.43. The molecule has 0 radical (unpaired) electrons. The predicted molar refractivity (Wildman–Crippen MR) is 114 cm³/mol. The number of amides is 2. The lowest BCUT2D eigenvalue weighted by Crippen LogP contribution is -2.41. The lowest BCUT2D eigenvalue weighted by molar-refractivity contribution is -0.123. The van der Waals surface area contributed by atoms with Gasteiger partial charge < -0.3 is 4.98 Å². The van der Waals surface area contributed by atoms with Crippen molar-refractivity contribution in [1.82, 2.24) is 4.98 Å². The molecule has 154 valence electrons. The fourth-order valence-electron chi connectivity index (χ4n) is 6.43. The number of carbonyl (C=O) groups is 3. The summed E-state index contributed by atoms with van der Waals surface area (Å²) in [6, 6.07) is 6.74. The summed E-state index contributed by atoms with van der Waals surface area (Å²) < 4.78 is 0. The summed E-state index contributed by atoms with van der Waals surface area (Å²) in [6.07, 6.45) is 0.912. The fourth-order valence-corrected chi connectivity index (χ4v) is 9.38. The number of benzene rings is 1. The largest absolute Gasteiger partial charge is 0.307 e. The van der Waals surface area contributed by atoms with Crippen LogP contribution in [0.25, 0.3) is 0 Å². The Kier molecular flexibility index (Phi) is 3.82. The van der Waals surface area contributed by atoms with Gasteiger partial charge in [-0.15, -0.1) is 11.8 Å². The molecule has 1 saturated heterocycles. The van der Waals surface area contributed by atoms with E-state index in [4.69, 9.17) is 0 Å². The monoisotopic (exact) mass is 440 g/mol. The summed E-state index contributed by atoms with van der Waals surface area (Å²) in [4.78, 5) is 55.6. The van der Waals surface area contributed by atoms with Crippen LogP contribution in [0.2, 0.25) is 0 Å². The first kappa shape index (κ1) is 18.6. The number of aromatic amines is 1. The number of fused-ring (bicyclic) bond motifs is 9. The second-order valence-corrected chi connectivity index (χ2v) is 11.1. The van der Waals surface area contributed by atoms with Crippen LogP contribution in [-0.4, -0.2) is 27.8 Å². The number of hydrogen-bond acceptors (Lipinski definition) is 6. The normalized spacial score (nSPS) is 36.1. The van der Waals surface area contributed by atoms with E-state index in [1.807, 2.05) is 0 Å². The lowest BCUT2D eigenvalue weighted by Gasteiger charge is -2.41. The minimum Gasteiger partial charge on any atom is -0.307 e. The molecule has 1 aromatic heterocycles. The van der Waals surface area contributed by atoms with Crippen molar-refractivity contribution in [3.63, 3.8) is 0 Å². The van der Waals surface area contributed by atoms with Gasteiger partial charge in [-0.2, -0.15) is 0 Å². The number of aromatic nitrogens is 1. The van der Waals surface area contributed by atoms with Crippen LogP contribution < -0.4 is 9.77 Å². The molecule has 2 aliphatic carbocycles. The van der Waals surface area contributed by atoms with Gasteiger partial charge in [-0.1, -0.05) is 18.3 Å². The number of hydrogen-bond donors (Lipinski definition) is 1. The third-order valence-corrected chi connectivity index (χ3v) is 10.3. The van der Waals surface area contributed by atoms with E-state index in [1.165, 1.54) is 23.2 Å². The second-order valence-electron chi connectivity index (χ2n) is 8.89. The Morgan fingerprint density at radius 2 is 1.73 bits per heavy atom. The van der Waals surface area contributed by atoms with Crippen molar-refractivity contribution in [3.05, 3.63) is 44.4 Å². The Morgan fingerprint density at radius 1 is 1.07 bits per heavy atom. The van der Waals surface area contributed by atoms with E-state index in [9.17, 15) is 19.2 Å². The van der Waals surface area contributed by atoms with E-state index in [2.05, 4.69) is 11.9 Å². The smallest absolute Gasteiger partial charge is 0.305 e. The van der Waals surface area contributed by atoms with Gasteiger partial charge in [0.25, 0.3) is 0 Å². The highest BCUT2D eigenvalue weighted by Crippen LogP contribution is 2.67. The molecule has 7 atom stereocenters. The van der Waals surface area contributed by atoms with Gasteiger partial charge >= 0.3 is 4.87 Å². The number of Topliss-reactive ketones (excluding diaryl/α,β-unsaturated/α-hetero) is 1. The number of anilines is 1. The predicted octanol–water partition coefficient (Wildman–Crippen LogP) is 3.29. The number of carbonyl (C=O) groups excluding carboxylic acids is 3. The molecule has 6 rings (SSSR count). The van der Waals surface area contributed by atoms with Crippen LogP contribution in [0.5, 0.6) is 0 Å². The van der Waals surface area contributed by atoms with Gasteiger partial charge in [0.15, 0.2) is 5.78 Å². The molecule has 0 unspecified atom stereocenters. The third kappa shape index (κ3) is 2.26. The number of rotatable bonds is 2. The first-order valence-electron chi connectivity index (χ1n) is 10.2. The number of nitrogens with zero attached hydrogens (tertiary/aromatic N) is 1. The van der Waals surface area contributed by atoms with Crippen molar-refractivity contribution in [2.24, 2.45) is 29.6 Å². The standard InChI is InChI=1S/C22H20N2O4S2/c1-8-14-12-7-13(18(14)29-19-17(8)30-22(28)23-19)16-15(12)20(26)24(21(16)27)11-5-3-10(4-6-11)9(2)25/h3-6,8,12-16,18H,7H2,1-2H3,(H,23,28)/t8-,12-,13-,14+,15+,16-,18-/m0/s1. The van der Waals surface area contributed by atoms with Crippen LogP contribution >= 0.6 is 23.1 Å². The van der Waals surface area contributed by atoms with Gasteiger partial charge in [0, 0.05) is 15.7 Å². The molecular weight excluding hydrogens is 420 g/mol.